The van der Waals surface area contributed by atoms with Crippen molar-refractivity contribution in [3.8, 4) is 5.75 Å². The number of hydrogen-bond acceptors (Lipinski definition) is 2. The van der Waals surface area contributed by atoms with Crippen molar-refractivity contribution < 1.29 is 13.9 Å². The Kier molecular flexibility index (Phi) is 5.44. The van der Waals surface area contributed by atoms with E-state index in [1.54, 1.807) is 49.6 Å². The first-order valence-corrected chi connectivity index (χ1v) is 5.06. The molecule has 0 bridgehead atoms. The van der Waals surface area contributed by atoms with Crippen molar-refractivity contribution >= 4 is 6.29 Å². The van der Waals surface area contributed by atoms with Gasteiger partial charge in [0, 0.05) is 5.56 Å². The van der Waals surface area contributed by atoms with Crippen molar-refractivity contribution in [2.75, 3.05) is 7.11 Å². The third-order valence-electron chi connectivity index (χ3n) is 1.98. The van der Waals surface area contributed by atoms with E-state index in [-0.39, 0.29) is 5.82 Å². The molecule has 0 N–H and O–H groups in total. The Hall–Kier alpha value is -2.16. The highest BCUT2D eigenvalue weighted by Gasteiger charge is 1.89. The average molecular weight is 232 g/mol. The van der Waals surface area contributed by atoms with Crippen LogP contribution in [0, 0.1) is 5.82 Å². The Morgan fingerprint density at radius 3 is 1.94 bits per heavy atom. The molecule has 0 amide bonds. The summed E-state index contributed by atoms with van der Waals surface area (Å²) in [6, 6.07) is 14.9. The van der Waals surface area contributed by atoms with Crippen LogP contribution < -0.4 is 4.74 Å². The molecule has 2 rings (SSSR count). The van der Waals surface area contributed by atoms with E-state index in [1.165, 1.54) is 12.1 Å². The summed E-state index contributed by atoms with van der Waals surface area (Å²) in [5, 5.41) is 0. The smallest absolute Gasteiger partial charge is 0.150 e. The lowest BCUT2D eigenvalue weighted by atomic mass is 10.2. The van der Waals surface area contributed by atoms with E-state index in [2.05, 4.69) is 0 Å². The molecule has 0 saturated carbocycles. The van der Waals surface area contributed by atoms with Crippen LogP contribution in [0.4, 0.5) is 4.39 Å². The molecule has 0 radical (unpaired) electrons. The standard InChI is InChI=1S/C8H8O2.C6H5F/c1-10-8-4-2-7(6-9)3-5-8;7-6-4-2-1-3-5-6/h2-6H,1H3;1-5H. The van der Waals surface area contributed by atoms with E-state index in [9.17, 15) is 9.18 Å². The van der Waals surface area contributed by atoms with E-state index in [0.29, 0.717) is 5.56 Å². The molecule has 0 aromatic heterocycles. The largest absolute Gasteiger partial charge is 0.497 e. The van der Waals surface area contributed by atoms with Gasteiger partial charge in [0.05, 0.1) is 7.11 Å². The van der Waals surface area contributed by atoms with E-state index >= 15 is 0 Å². The monoisotopic (exact) mass is 232 g/mol. The average Bonchev–Trinajstić information content (AvgIpc) is 2.40. The van der Waals surface area contributed by atoms with Gasteiger partial charge >= 0.3 is 0 Å². The maximum atomic E-state index is 11.9. The molecule has 3 heteroatoms. The molecule has 2 aromatic carbocycles. The molecule has 17 heavy (non-hydrogen) atoms. The van der Waals surface area contributed by atoms with Gasteiger partial charge in [0.1, 0.15) is 17.9 Å². The number of aldehydes is 1. The lowest BCUT2D eigenvalue weighted by Gasteiger charge is -1.96. The summed E-state index contributed by atoms with van der Waals surface area (Å²) in [4.78, 5) is 10.2. The molecular formula is C14H13FO2. The maximum absolute atomic E-state index is 11.9. The molecular weight excluding hydrogens is 219 g/mol. The zero-order valence-electron chi connectivity index (χ0n) is 9.47. The molecule has 0 spiro atoms. The van der Waals surface area contributed by atoms with Gasteiger partial charge in [0.15, 0.2) is 0 Å². The minimum Gasteiger partial charge on any atom is -0.497 e. The number of carbonyl (C=O) groups excluding carboxylic acids is 1. The van der Waals surface area contributed by atoms with E-state index in [0.717, 1.165) is 12.0 Å². The van der Waals surface area contributed by atoms with Gasteiger partial charge in [0.2, 0.25) is 0 Å². The van der Waals surface area contributed by atoms with Crippen LogP contribution in [0.15, 0.2) is 54.6 Å². The molecule has 88 valence electrons. The van der Waals surface area contributed by atoms with Crippen LogP contribution in [-0.2, 0) is 0 Å². The van der Waals surface area contributed by atoms with Gasteiger partial charge in [-0.05, 0) is 36.4 Å². The number of ether oxygens (including phenoxy) is 1. The number of rotatable bonds is 2. The zero-order chi connectivity index (χ0) is 12.5. The summed E-state index contributed by atoms with van der Waals surface area (Å²) in [5.74, 6) is 0.591. The molecule has 0 aliphatic heterocycles. The zero-order valence-corrected chi connectivity index (χ0v) is 9.47. The highest BCUT2D eigenvalue weighted by atomic mass is 19.1. The summed E-state index contributed by atoms with van der Waals surface area (Å²) in [6.07, 6.45) is 0.805. The molecule has 0 aliphatic rings. The van der Waals surface area contributed by atoms with Crippen molar-refractivity contribution in [2.24, 2.45) is 0 Å². The Morgan fingerprint density at radius 1 is 1.00 bits per heavy atom. The third-order valence-corrected chi connectivity index (χ3v) is 1.98. The highest BCUT2D eigenvalue weighted by Crippen LogP contribution is 2.09. The van der Waals surface area contributed by atoms with Gasteiger partial charge in [-0.25, -0.2) is 4.39 Å². The van der Waals surface area contributed by atoms with Crippen LogP contribution in [-0.4, -0.2) is 13.4 Å². The summed E-state index contributed by atoms with van der Waals surface area (Å²) in [7, 11) is 1.59. The lowest BCUT2D eigenvalue weighted by Crippen LogP contribution is -1.82. The molecule has 0 heterocycles. The van der Waals surface area contributed by atoms with Crippen LogP contribution in [0.2, 0.25) is 0 Å². The highest BCUT2D eigenvalue weighted by molar-refractivity contribution is 5.74. The van der Waals surface area contributed by atoms with Gasteiger partial charge in [-0.3, -0.25) is 4.79 Å². The van der Waals surface area contributed by atoms with Gasteiger partial charge in [-0.2, -0.15) is 0 Å². The number of methoxy groups -OCH3 is 1. The second-order valence-corrected chi connectivity index (χ2v) is 3.19. The second kappa shape index (κ2) is 7.17. The Balaban J connectivity index is 0.000000181. The summed E-state index contributed by atoms with van der Waals surface area (Å²) >= 11 is 0. The lowest BCUT2D eigenvalue weighted by molar-refractivity contribution is 0.112. The fourth-order valence-corrected chi connectivity index (χ4v) is 1.10. The Bertz CT molecular complexity index is 438. The van der Waals surface area contributed by atoms with Crippen LogP contribution in [0.25, 0.3) is 0 Å². The number of carbonyl (C=O) groups is 1. The first-order valence-electron chi connectivity index (χ1n) is 5.06. The molecule has 2 nitrogen and oxygen atoms in total. The van der Waals surface area contributed by atoms with Crippen molar-refractivity contribution in [3.05, 3.63) is 66.0 Å². The normalized spacial score (nSPS) is 8.82. The molecule has 0 saturated heterocycles. The predicted molar refractivity (Wildman–Crippen MR) is 64.8 cm³/mol. The number of hydrogen-bond donors (Lipinski definition) is 0. The first kappa shape index (κ1) is 12.9. The summed E-state index contributed by atoms with van der Waals surface area (Å²) < 4.78 is 16.8. The second-order valence-electron chi connectivity index (χ2n) is 3.19. The minimum absolute atomic E-state index is 0.178. The van der Waals surface area contributed by atoms with E-state index in [1.807, 2.05) is 0 Å². The van der Waals surface area contributed by atoms with Crippen molar-refractivity contribution in [3.63, 3.8) is 0 Å². The molecule has 0 unspecified atom stereocenters. The number of benzene rings is 2. The van der Waals surface area contributed by atoms with E-state index in [4.69, 9.17) is 4.74 Å². The number of halogens is 1. The SMILES string of the molecule is COc1ccc(C=O)cc1.Fc1ccccc1. The van der Waals surface area contributed by atoms with Gasteiger partial charge in [-0.1, -0.05) is 18.2 Å². The Labute approximate surface area is 99.7 Å². The van der Waals surface area contributed by atoms with Crippen LogP contribution in [0.5, 0.6) is 5.75 Å². The minimum atomic E-state index is -0.178. The molecule has 0 fully saturated rings. The van der Waals surface area contributed by atoms with Gasteiger partial charge in [-0.15, -0.1) is 0 Å². The van der Waals surface area contributed by atoms with Crippen molar-refractivity contribution in [2.45, 2.75) is 0 Å². The topological polar surface area (TPSA) is 26.3 Å². The predicted octanol–water partition coefficient (Wildman–Crippen LogP) is 3.33. The van der Waals surface area contributed by atoms with Crippen LogP contribution >= 0.6 is 0 Å². The quantitative estimate of drug-likeness (QED) is 0.742. The van der Waals surface area contributed by atoms with Gasteiger partial charge in [0.25, 0.3) is 0 Å². The van der Waals surface area contributed by atoms with E-state index < -0.39 is 0 Å². The summed E-state index contributed by atoms with van der Waals surface area (Å²) in [5.41, 5.74) is 0.667. The molecule has 2 aromatic rings. The summed E-state index contributed by atoms with van der Waals surface area (Å²) in [6.45, 7) is 0. The fourth-order valence-electron chi connectivity index (χ4n) is 1.10. The Morgan fingerprint density at radius 2 is 1.59 bits per heavy atom. The van der Waals surface area contributed by atoms with Crippen LogP contribution in [0.1, 0.15) is 10.4 Å². The molecule has 0 atom stereocenters. The fraction of sp³-hybridized carbons (Fsp3) is 0.0714. The third kappa shape index (κ3) is 4.93. The first-order chi connectivity index (χ1) is 8.26. The maximum Gasteiger partial charge on any atom is 0.150 e. The molecule has 0 aliphatic carbocycles. The van der Waals surface area contributed by atoms with Gasteiger partial charge < -0.3 is 4.74 Å². The van der Waals surface area contributed by atoms with Crippen LogP contribution in [0.3, 0.4) is 0 Å². The van der Waals surface area contributed by atoms with Crippen molar-refractivity contribution in [1.29, 1.82) is 0 Å². The van der Waals surface area contributed by atoms with Crippen molar-refractivity contribution in [1.82, 2.24) is 0 Å².